The van der Waals surface area contributed by atoms with Crippen LogP contribution in [0.3, 0.4) is 0 Å². The average molecular weight is 111 g/mol. The highest BCUT2D eigenvalue weighted by molar-refractivity contribution is 6.00. The lowest BCUT2D eigenvalue weighted by Gasteiger charge is -2.18. The molecule has 0 atom stereocenters. The zero-order valence-electron chi connectivity index (χ0n) is 5.12. The molecule has 1 aliphatic rings. The van der Waals surface area contributed by atoms with Crippen LogP contribution in [0.15, 0.2) is 11.1 Å². The van der Waals surface area contributed by atoms with Gasteiger partial charge in [-0.05, 0) is 13.8 Å². The minimum absolute atomic E-state index is 0.102. The number of allylic oxidation sites excluding steroid dienone is 1. The summed E-state index contributed by atoms with van der Waals surface area (Å²) in [5.41, 5.74) is 2.08. The van der Waals surface area contributed by atoms with Gasteiger partial charge in [0.05, 0.1) is 0 Å². The first-order chi connectivity index (χ1) is 3.72. The lowest BCUT2D eigenvalue weighted by molar-refractivity contribution is -0.120. The van der Waals surface area contributed by atoms with Gasteiger partial charge < -0.3 is 5.32 Å². The molecule has 1 saturated heterocycles. The summed E-state index contributed by atoms with van der Waals surface area (Å²) in [4.78, 5) is 10.5. The molecule has 1 amide bonds. The molecule has 0 saturated carbocycles. The zero-order valence-corrected chi connectivity index (χ0v) is 5.12. The van der Waals surface area contributed by atoms with Crippen molar-refractivity contribution in [3.63, 3.8) is 0 Å². The first-order valence-corrected chi connectivity index (χ1v) is 2.66. The van der Waals surface area contributed by atoms with Gasteiger partial charge in [0.2, 0.25) is 5.91 Å². The summed E-state index contributed by atoms with van der Waals surface area (Å²) in [6.07, 6.45) is 0. The van der Waals surface area contributed by atoms with Crippen molar-refractivity contribution in [2.75, 3.05) is 6.54 Å². The van der Waals surface area contributed by atoms with Gasteiger partial charge in [-0.2, -0.15) is 0 Å². The highest BCUT2D eigenvalue weighted by Gasteiger charge is 2.19. The van der Waals surface area contributed by atoms with Crippen molar-refractivity contribution >= 4 is 5.91 Å². The molecule has 8 heavy (non-hydrogen) atoms. The van der Waals surface area contributed by atoms with Crippen LogP contribution < -0.4 is 5.32 Å². The van der Waals surface area contributed by atoms with Crippen LogP contribution in [-0.2, 0) is 4.79 Å². The minimum Gasteiger partial charge on any atom is -0.348 e. The quantitative estimate of drug-likeness (QED) is 0.357. The Hall–Kier alpha value is -0.790. The van der Waals surface area contributed by atoms with Crippen LogP contribution in [-0.4, -0.2) is 12.5 Å². The van der Waals surface area contributed by atoms with E-state index in [1.165, 1.54) is 0 Å². The second kappa shape index (κ2) is 1.62. The summed E-state index contributed by atoms with van der Waals surface area (Å²) in [6, 6.07) is 0. The molecule has 0 bridgehead atoms. The summed E-state index contributed by atoms with van der Waals surface area (Å²) in [6.45, 7) is 4.67. The van der Waals surface area contributed by atoms with Crippen LogP contribution in [0, 0.1) is 0 Å². The van der Waals surface area contributed by atoms with E-state index in [1.54, 1.807) is 0 Å². The maximum Gasteiger partial charge on any atom is 0.249 e. The van der Waals surface area contributed by atoms with Gasteiger partial charge in [0.1, 0.15) is 0 Å². The first kappa shape index (κ1) is 5.35. The van der Waals surface area contributed by atoms with Crippen molar-refractivity contribution in [2.24, 2.45) is 0 Å². The molecular weight excluding hydrogens is 102 g/mol. The maximum absolute atomic E-state index is 10.5. The van der Waals surface area contributed by atoms with Gasteiger partial charge in [0, 0.05) is 12.1 Å². The molecular formula is C6H9NO. The molecule has 0 unspecified atom stereocenters. The molecule has 0 aromatic rings. The van der Waals surface area contributed by atoms with Crippen molar-refractivity contribution in [3.05, 3.63) is 11.1 Å². The summed E-state index contributed by atoms with van der Waals surface area (Å²) in [7, 11) is 0. The Balaban J connectivity index is 2.75. The smallest absolute Gasteiger partial charge is 0.249 e. The van der Waals surface area contributed by atoms with Gasteiger partial charge in [0.25, 0.3) is 0 Å². The number of β-lactam (4-membered cyclic amide) rings is 1. The molecule has 0 radical (unpaired) electrons. The predicted molar refractivity (Wildman–Crippen MR) is 31.4 cm³/mol. The van der Waals surface area contributed by atoms with Crippen LogP contribution in [0.5, 0.6) is 0 Å². The third-order valence-electron chi connectivity index (χ3n) is 1.30. The highest BCUT2D eigenvalue weighted by atomic mass is 16.2. The molecule has 0 aliphatic carbocycles. The van der Waals surface area contributed by atoms with E-state index in [2.05, 4.69) is 5.32 Å². The summed E-state index contributed by atoms with van der Waals surface area (Å²) < 4.78 is 0. The van der Waals surface area contributed by atoms with Gasteiger partial charge in [-0.1, -0.05) is 5.57 Å². The Labute approximate surface area is 48.6 Å². The highest BCUT2D eigenvalue weighted by Crippen LogP contribution is 2.08. The fourth-order valence-electron chi connectivity index (χ4n) is 0.653. The van der Waals surface area contributed by atoms with E-state index in [0.717, 1.165) is 17.7 Å². The molecule has 1 heterocycles. The van der Waals surface area contributed by atoms with Crippen molar-refractivity contribution < 1.29 is 4.79 Å². The number of amides is 1. The molecule has 1 N–H and O–H groups in total. The number of rotatable bonds is 0. The van der Waals surface area contributed by atoms with Gasteiger partial charge in [-0.25, -0.2) is 0 Å². The topological polar surface area (TPSA) is 29.1 Å². The average Bonchev–Trinajstić information content (AvgIpc) is 1.61. The molecule has 1 rings (SSSR count). The summed E-state index contributed by atoms with van der Waals surface area (Å²) in [5, 5.41) is 2.64. The normalized spacial score (nSPS) is 17.2. The fraction of sp³-hybridized carbons (Fsp3) is 0.500. The Bertz CT molecular complexity index is 154. The predicted octanol–water partition coefficient (Wildman–Crippen LogP) is 0.453. The number of carbonyl (C=O) groups excluding carboxylic acids is 1. The van der Waals surface area contributed by atoms with E-state index in [4.69, 9.17) is 0 Å². The molecule has 1 aliphatic heterocycles. The Morgan fingerprint density at radius 3 is 2.25 bits per heavy atom. The van der Waals surface area contributed by atoms with E-state index in [9.17, 15) is 4.79 Å². The van der Waals surface area contributed by atoms with Gasteiger partial charge >= 0.3 is 0 Å². The Morgan fingerprint density at radius 1 is 1.62 bits per heavy atom. The summed E-state index contributed by atoms with van der Waals surface area (Å²) >= 11 is 0. The van der Waals surface area contributed by atoms with Gasteiger partial charge in [-0.15, -0.1) is 0 Å². The van der Waals surface area contributed by atoms with E-state index in [-0.39, 0.29) is 5.91 Å². The minimum atomic E-state index is 0.102. The molecule has 0 aromatic heterocycles. The molecule has 44 valence electrons. The summed E-state index contributed by atoms with van der Waals surface area (Å²) in [5.74, 6) is 0.102. The fourth-order valence-corrected chi connectivity index (χ4v) is 0.653. The first-order valence-electron chi connectivity index (χ1n) is 2.66. The van der Waals surface area contributed by atoms with Crippen LogP contribution in [0.4, 0.5) is 0 Å². The molecule has 2 heteroatoms. The van der Waals surface area contributed by atoms with Crippen LogP contribution in [0.1, 0.15) is 13.8 Å². The van der Waals surface area contributed by atoms with Gasteiger partial charge in [-0.3, -0.25) is 4.79 Å². The van der Waals surface area contributed by atoms with Crippen molar-refractivity contribution in [1.82, 2.24) is 5.32 Å². The van der Waals surface area contributed by atoms with Gasteiger partial charge in [0.15, 0.2) is 0 Å². The number of nitrogens with one attached hydrogen (secondary N) is 1. The zero-order chi connectivity index (χ0) is 6.15. The SMILES string of the molecule is CC(C)=C1CNC1=O. The van der Waals surface area contributed by atoms with Crippen LogP contribution in [0.25, 0.3) is 0 Å². The third-order valence-corrected chi connectivity index (χ3v) is 1.30. The van der Waals surface area contributed by atoms with Crippen LogP contribution in [0.2, 0.25) is 0 Å². The van der Waals surface area contributed by atoms with E-state index in [0.29, 0.717) is 0 Å². The monoisotopic (exact) mass is 111 g/mol. The Kier molecular flexibility index (Phi) is 1.08. The second-order valence-corrected chi connectivity index (χ2v) is 2.16. The number of hydrogen-bond donors (Lipinski definition) is 1. The third kappa shape index (κ3) is 0.619. The number of carbonyl (C=O) groups is 1. The van der Waals surface area contributed by atoms with E-state index in [1.807, 2.05) is 13.8 Å². The lowest BCUT2D eigenvalue weighted by Crippen LogP contribution is -2.41. The van der Waals surface area contributed by atoms with E-state index < -0.39 is 0 Å². The number of hydrogen-bond acceptors (Lipinski definition) is 1. The molecule has 0 aromatic carbocycles. The molecule has 2 nitrogen and oxygen atoms in total. The van der Waals surface area contributed by atoms with E-state index >= 15 is 0 Å². The largest absolute Gasteiger partial charge is 0.348 e. The molecule has 0 spiro atoms. The molecule has 1 fully saturated rings. The van der Waals surface area contributed by atoms with Crippen molar-refractivity contribution in [3.8, 4) is 0 Å². The maximum atomic E-state index is 10.5. The van der Waals surface area contributed by atoms with Crippen molar-refractivity contribution in [2.45, 2.75) is 13.8 Å². The lowest BCUT2D eigenvalue weighted by atomic mass is 10.1. The van der Waals surface area contributed by atoms with Crippen LogP contribution >= 0.6 is 0 Å². The standard InChI is InChI=1S/C6H9NO/c1-4(2)5-3-7-6(5)8/h3H2,1-2H3,(H,7,8). The second-order valence-electron chi connectivity index (χ2n) is 2.16. The van der Waals surface area contributed by atoms with Crippen molar-refractivity contribution in [1.29, 1.82) is 0 Å². The Morgan fingerprint density at radius 2 is 2.25 bits per heavy atom.